The molecule has 0 radical (unpaired) electrons. The van der Waals surface area contributed by atoms with E-state index >= 15 is 0 Å². The summed E-state index contributed by atoms with van der Waals surface area (Å²) in [5.74, 6) is 0. The number of piperidine rings is 1. The van der Waals surface area contributed by atoms with Gasteiger partial charge in [0, 0.05) is 31.3 Å². The van der Waals surface area contributed by atoms with Gasteiger partial charge in [0.15, 0.2) is 0 Å². The molecule has 1 unspecified atom stereocenters. The minimum absolute atomic E-state index is 0.0229. The SMILES string of the molecule is Cc1ccc(S(=O)(=O)N2CCCCC2CCNS(=O)(=O)c2cc([N+](=O)[O-])ccc2C)cc1. The first-order valence-electron chi connectivity index (χ1n) is 10.4. The molecule has 32 heavy (non-hydrogen) atoms. The third-order valence-corrected chi connectivity index (χ3v) is 9.21. The number of non-ortho nitro benzene ring substituents is 1. The standard InChI is InChI=1S/C21H27N3O6S2/c1-16-6-10-20(11-7-16)32(29,30)23-14-4-3-5-18(23)12-13-22-31(27,28)21-15-19(24(25)26)9-8-17(21)2/h6-11,15,18,22H,3-5,12-14H2,1-2H3. The van der Waals surface area contributed by atoms with E-state index in [9.17, 15) is 26.9 Å². The molecule has 1 atom stereocenters. The third-order valence-electron chi connectivity index (χ3n) is 5.64. The lowest BCUT2D eigenvalue weighted by atomic mass is 10.0. The lowest BCUT2D eigenvalue weighted by Crippen LogP contribution is -2.45. The smallest absolute Gasteiger partial charge is 0.258 e. The topological polar surface area (TPSA) is 127 Å². The molecule has 1 N–H and O–H groups in total. The maximum Gasteiger partial charge on any atom is 0.270 e. The second kappa shape index (κ2) is 9.65. The highest BCUT2D eigenvalue weighted by Crippen LogP contribution is 2.27. The monoisotopic (exact) mass is 481 g/mol. The summed E-state index contributed by atoms with van der Waals surface area (Å²) in [6.07, 6.45) is 2.56. The molecule has 0 amide bonds. The summed E-state index contributed by atoms with van der Waals surface area (Å²) in [5, 5.41) is 11.0. The Balaban J connectivity index is 1.73. The minimum Gasteiger partial charge on any atom is -0.258 e. The van der Waals surface area contributed by atoms with Gasteiger partial charge >= 0.3 is 0 Å². The van der Waals surface area contributed by atoms with Crippen molar-refractivity contribution >= 4 is 25.7 Å². The number of nitro benzene ring substituents is 1. The fourth-order valence-corrected chi connectivity index (χ4v) is 6.89. The van der Waals surface area contributed by atoms with Crippen LogP contribution in [0.25, 0.3) is 0 Å². The van der Waals surface area contributed by atoms with Crippen LogP contribution in [0.15, 0.2) is 52.3 Å². The Labute approximate surface area is 188 Å². The minimum atomic E-state index is -3.98. The Morgan fingerprint density at radius 1 is 1.06 bits per heavy atom. The summed E-state index contributed by atoms with van der Waals surface area (Å²) in [5.41, 5.74) is 1.05. The van der Waals surface area contributed by atoms with Crippen LogP contribution in [0.2, 0.25) is 0 Å². The predicted molar refractivity (Wildman–Crippen MR) is 120 cm³/mol. The van der Waals surface area contributed by atoms with E-state index in [-0.39, 0.29) is 28.1 Å². The second-order valence-corrected chi connectivity index (χ2v) is 11.6. The molecule has 0 saturated carbocycles. The number of rotatable bonds is 8. The Bertz CT molecular complexity index is 1190. The zero-order chi connectivity index (χ0) is 23.5. The summed E-state index contributed by atoms with van der Waals surface area (Å²) >= 11 is 0. The molecule has 2 aromatic rings. The van der Waals surface area contributed by atoms with Gasteiger partial charge in [-0.1, -0.05) is 30.2 Å². The molecule has 1 aliphatic heterocycles. The Morgan fingerprint density at radius 3 is 2.41 bits per heavy atom. The van der Waals surface area contributed by atoms with Crippen molar-refractivity contribution in [3.8, 4) is 0 Å². The van der Waals surface area contributed by atoms with Gasteiger partial charge in [-0.15, -0.1) is 0 Å². The molecule has 0 spiro atoms. The molecule has 0 aliphatic carbocycles. The second-order valence-electron chi connectivity index (χ2n) is 7.97. The first-order valence-corrected chi connectivity index (χ1v) is 13.3. The van der Waals surface area contributed by atoms with Crippen LogP contribution in [0.1, 0.15) is 36.8 Å². The number of nitro groups is 1. The largest absolute Gasteiger partial charge is 0.270 e. The van der Waals surface area contributed by atoms with E-state index in [0.717, 1.165) is 24.5 Å². The van der Waals surface area contributed by atoms with E-state index in [4.69, 9.17) is 0 Å². The lowest BCUT2D eigenvalue weighted by Gasteiger charge is -2.34. The van der Waals surface area contributed by atoms with Crippen molar-refractivity contribution in [2.24, 2.45) is 0 Å². The van der Waals surface area contributed by atoms with Gasteiger partial charge in [-0.25, -0.2) is 21.6 Å². The Kier molecular flexibility index (Phi) is 7.33. The first kappa shape index (κ1) is 24.3. The van der Waals surface area contributed by atoms with Crippen molar-refractivity contribution in [3.63, 3.8) is 0 Å². The zero-order valence-corrected chi connectivity index (χ0v) is 19.7. The van der Waals surface area contributed by atoms with Crippen molar-refractivity contribution in [2.45, 2.75) is 55.4 Å². The molecule has 1 heterocycles. The Morgan fingerprint density at radius 2 is 1.75 bits per heavy atom. The molecule has 1 saturated heterocycles. The van der Waals surface area contributed by atoms with Gasteiger partial charge in [-0.2, -0.15) is 4.31 Å². The van der Waals surface area contributed by atoms with Crippen molar-refractivity contribution in [3.05, 3.63) is 63.7 Å². The maximum absolute atomic E-state index is 13.2. The first-order chi connectivity index (χ1) is 15.0. The van der Waals surface area contributed by atoms with E-state index in [1.807, 2.05) is 6.92 Å². The van der Waals surface area contributed by atoms with Crippen molar-refractivity contribution in [2.75, 3.05) is 13.1 Å². The van der Waals surface area contributed by atoms with Crippen molar-refractivity contribution < 1.29 is 21.8 Å². The maximum atomic E-state index is 13.2. The molecule has 0 aromatic heterocycles. The van der Waals surface area contributed by atoms with Crippen LogP contribution in [0.3, 0.4) is 0 Å². The summed E-state index contributed by atoms with van der Waals surface area (Å²) in [4.78, 5) is 10.4. The highest BCUT2D eigenvalue weighted by atomic mass is 32.2. The quantitative estimate of drug-likeness (QED) is 0.456. The molecule has 1 aliphatic rings. The summed E-state index contributed by atoms with van der Waals surface area (Å²) in [7, 11) is -7.67. The van der Waals surface area contributed by atoms with E-state index in [0.29, 0.717) is 24.9 Å². The molecule has 11 heteroatoms. The van der Waals surface area contributed by atoms with Crippen LogP contribution in [-0.2, 0) is 20.0 Å². The van der Waals surface area contributed by atoms with E-state index in [2.05, 4.69) is 4.72 Å². The summed E-state index contributed by atoms with van der Waals surface area (Å²) in [6, 6.07) is 10.0. The fraction of sp³-hybridized carbons (Fsp3) is 0.429. The van der Waals surface area contributed by atoms with Crippen LogP contribution in [-0.4, -0.2) is 45.2 Å². The molecular weight excluding hydrogens is 454 g/mol. The molecule has 1 fully saturated rings. The van der Waals surface area contributed by atoms with Crippen LogP contribution >= 0.6 is 0 Å². The predicted octanol–water partition coefficient (Wildman–Crippen LogP) is 3.12. The molecular formula is C21H27N3O6S2. The van der Waals surface area contributed by atoms with Crippen molar-refractivity contribution in [1.82, 2.24) is 9.03 Å². The van der Waals surface area contributed by atoms with E-state index in [1.165, 1.54) is 16.4 Å². The number of nitrogens with zero attached hydrogens (tertiary/aromatic N) is 2. The van der Waals surface area contributed by atoms with Gasteiger partial charge in [0.25, 0.3) is 5.69 Å². The van der Waals surface area contributed by atoms with Crippen LogP contribution in [0, 0.1) is 24.0 Å². The summed E-state index contributed by atoms with van der Waals surface area (Å²) in [6.45, 7) is 3.86. The number of benzene rings is 2. The fourth-order valence-electron chi connectivity index (χ4n) is 3.85. The average Bonchev–Trinajstić information content (AvgIpc) is 2.74. The van der Waals surface area contributed by atoms with Crippen LogP contribution in [0.5, 0.6) is 0 Å². The van der Waals surface area contributed by atoms with Gasteiger partial charge in [-0.05, 0) is 50.8 Å². The normalized spacial score (nSPS) is 17.9. The molecule has 3 rings (SSSR count). The molecule has 174 valence electrons. The van der Waals surface area contributed by atoms with Crippen molar-refractivity contribution in [1.29, 1.82) is 0 Å². The molecule has 0 bridgehead atoms. The van der Waals surface area contributed by atoms with E-state index in [1.54, 1.807) is 31.2 Å². The Hall–Kier alpha value is -2.34. The lowest BCUT2D eigenvalue weighted by molar-refractivity contribution is -0.385. The summed E-state index contributed by atoms with van der Waals surface area (Å²) < 4.78 is 55.7. The van der Waals surface area contributed by atoms with Crippen LogP contribution < -0.4 is 4.72 Å². The number of sulfonamides is 2. The van der Waals surface area contributed by atoms with Gasteiger partial charge in [-0.3, -0.25) is 10.1 Å². The van der Waals surface area contributed by atoms with E-state index < -0.39 is 25.0 Å². The number of nitrogens with one attached hydrogen (secondary N) is 1. The number of aryl methyl sites for hydroxylation is 2. The highest BCUT2D eigenvalue weighted by molar-refractivity contribution is 7.89. The van der Waals surface area contributed by atoms with Gasteiger partial charge < -0.3 is 0 Å². The van der Waals surface area contributed by atoms with Gasteiger partial charge in [0.05, 0.1) is 14.7 Å². The highest BCUT2D eigenvalue weighted by Gasteiger charge is 2.33. The van der Waals surface area contributed by atoms with Crippen LogP contribution in [0.4, 0.5) is 5.69 Å². The van der Waals surface area contributed by atoms with Gasteiger partial charge in [0.1, 0.15) is 0 Å². The molecule has 9 nitrogen and oxygen atoms in total. The average molecular weight is 482 g/mol. The zero-order valence-electron chi connectivity index (χ0n) is 18.0. The number of hydrogen-bond acceptors (Lipinski definition) is 6. The third kappa shape index (κ3) is 5.34. The van der Waals surface area contributed by atoms with Gasteiger partial charge in [0.2, 0.25) is 20.0 Å². The number of hydrogen-bond donors (Lipinski definition) is 1. The molecule has 2 aromatic carbocycles.